The maximum absolute atomic E-state index is 5.98. The fraction of sp³-hybridized carbons (Fsp3) is 0.300. The van der Waals surface area contributed by atoms with Gasteiger partial charge in [-0.05, 0) is 26.0 Å². The van der Waals surface area contributed by atoms with E-state index >= 15 is 0 Å². The first kappa shape index (κ1) is 8.26. The van der Waals surface area contributed by atoms with Crippen LogP contribution < -0.4 is 5.73 Å². The van der Waals surface area contributed by atoms with E-state index in [4.69, 9.17) is 10.2 Å². The first-order valence-electron chi connectivity index (χ1n) is 4.20. The van der Waals surface area contributed by atoms with Crippen LogP contribution in [-0.2, 0) is 5.54 Å². The predicted octanol–water partition coefficient (Wildman–Crippen LogP) is 2.02. The summed E-state index contributed by atoms with van der Waals surface area (Å²) >= 11 is 0. The Labute approximate surface area is 76.6 Å². The zero-order chi connectivity index (χ0) is 9.47. The minimum atomic E-state index is -0.427. The molecule has 2 rings (SSSR count). The molecule has 0 bridgehead atoms. The Kier molecular flexibility index (Phi) is 1.63. The van der Waals surface area contributed by atoms with Crippen molar-refractivity contribution in [3.8, 4) is 0 Å². The number of pyridine rings is 1. The van der Waals surface area contributed by atoms with Crippen LogP contribution in [0.1, 0.15) is 19.5 Å². The highest BCUT2D eigenvalue weighted by molar-refractivity contribution is 5.80. The minimum absolute atomic E-state index is 0.427. The molecule has 13 heavy (non-hydrogen) atoms. The van der Waals surface area contributed by atoms with Gasteiger partial charge in [-0.15, -0.1) is 0 Å². The van der Waals surface area contributed by atoms with E-state index in [0.29, 0.717) is 0 Å². The number of nitrogens with two attached hydrogens (primary N) is 1. The van der Waals surface area contributed by atoms with Gasteiger partial charge in [-0.3, -0.25) is 4.98 Å². The highest BCUT2D eigenvalue weighted by Crippen LogP contribution is 2.24. The van der Waals surface area contributed by atoms with E-state index in [1.165, 1.54) is 0 Å². The Morgan fingerprint density at radius 1 is 1.38 bits per heavy atom. The number of nitrogens with zero attached hydrogens (tertiary/aromatic N) is 1. The number of hydrogen-bond donors (Lipinski definition) is 1. The lowest BCUT2D eigenvalue weighted by Gasteiger charge is -2.17. The molecule has 2 aromatic rings. The molecule has 0 saturated heterocycles. The molecular formula is C10H12N2O. The Hall–Kier alpha value is -1.35. The van der Waals surface area contributed by atoms with E-state index < -0.39 is 5.54 Å². The summed E-state index contributed by atoms with van der Waals surface area (Å²) in [6.45, 7) is 3.86. The van der Waals surface area contributed by atoms with Crippen molar-refractivity contribution in [1.82, 2.24) is 4.98 Å². The average Bonchev–Trinajstić information content (AvgIpc) is 2.48. The molecule has 2 heterocycles. The lowest BCUT2D eigenvalue weighted by molar-refractivity contribution is 0.540. The molecule has 0 aromatic carbocycles. The second kappa shape index (κ2) is 2.57. The topological polar surface area (TPSA) is 52.0 Å². The Morgan fingerprint density at radius 3 is 2.85 bits per heavy atom. The first-order chi connectivity index (χ1) is 6.09. The van der Waals surface area contributed by atoms with Gasteiger partial charge in [0.25, 0.3) is 0 Å². The van der Waals surface area contributed by atoms with Crippen molar-refractivity contribution < 1.29 is 4.42 Å². The number of fused-ring (bicyclic) bond motifs is 1. The zero-order valence-corrected chi connectivity index (χ0v) is 7.74. The van der Waals surface area contributed by atoms with E-state index in [-0.39, 0.29) is 0 Å². The molecule has 0 spiro atoms. The van der Waals surface area contributed by atoms with Gasteiger partial charge in [0.1, 0.15) is 5.58 Å². The van der Waals surface area contributed by atoms with E-state index in [1.54, 1.807) is 12.5 Å². The highest BCUT2D eigenvalue weighted by atomic mass is 16.3. The molecule has 0 fully saturated rings. The number of aromatic nitrogens is 1. The van der Waals surface area contributed by atoms with Crippen LogP contribution in [0.15, 0.2) is 29.0 Å². The number of rotatable bonds is 1. The molecule has 2 N–H and O–H groups in total. The van der Waals surface area contributed by atoms with E-state index in [9.17, 15) is 0 Å². The molecule has 2 aromatic heterocycles. The molecule has 0 unspecified atom stereocenters. The van der Waals surface area contributed by atoms with Crippen LogP contribution in [-0.4, -0.2) is 4.98 Å². The molecule has 0 atom stereocenters. The van der Waals surface area contributed by atoms with Gasteiger partial charge in [0.2, 0.25) is 0 Å². The molecule has 0 radical (unpaired) electrons. The lowest BCUT2D eigenvalue weighted by Crippen LogP contribution is -2.29. The Balaban J connectivity index is 2.75. The van der Waals surface area contributed by atoms with Crippen molar-refractivity contribution >= 4 is 11.0 Å². The number of hydrogen-bond acceptors (Lipinski definition) is 3. The Bertz CT molecular complexity index is 426. The van der Waals surface area contributed by atoms with Crippen molar-refractivity contribution in [1.29, 1.82) is 0 Å². The quantitative estimate of drug-likeness (QED) is 0.723. The normalized spacial score (nSPS) is 12.2. The molecule has 3 heteroatoms. The third-order valence-corrected chi connectivity index (χ3v) is 1.99. The SMILES string of the molecule is CC(C)(N)c1nccc2occc12. The van der Waals surface area contributed by atoms with Gasteiger partial charge in [0.15, 0.2) is 0 Å². The van der Waals surface area contributed by atoms with Crippen molar-refractivity contribution in [3.63, 3.8) is 0 Å². The van der Waals surface area contributed by atoms with Gasteiger partial charge in [-0.1, -0.05) is 0 Å². The average molecular weight is 176 g/mol. The third-order valence-electron chi connectivity index (χ3n) is 1.99. The molecule has 0 aliphatic rings. The second-order valence-electron chi connectivity index (χ2n) is 3.71. The van der Waals surface area contributed by atoms with Crippen LogP contribution in [0.25, 0.3) is 11.0 Å². The summed E-state index contributed by atoms with van der Waals surface area (Å²) in [5.74, 6) is 0. The van der Waals surface area contributed by atoms with Crippen molar-refractivity contribution in [2.45, 2.75) is 19.4 Å². The van der Waals surface area contributed by atoms with Crippen LogP contribution in [0, 0.1) is 0 Å². The third kappa shape index (κ3) is 1.31. The monoisotopic (exact) mass is 176 g/mol. The number of furan rings is 1. The smallest absolute Gasteiger partial charge is 0.137 e. The van der Waals surface area contributed by atoms with Gasteiger partial charge >= 0.3 is 0 Å². The highest BCUT2D eigenvalue weighted by Gasteiger charge is 2.19. The molecule has 0 aliphatic carbocycles. The first-order valence-corrected chi connectivity index (χ1v) is 4.20. The van der Waals surface area contributed by atoms with Crippen LogP contribution in [0.3, 0.4) is 0 Å². The van der Waals surface area contributed by atoms with Crippen molar-refractivity contribution in [2.75, 3.05) is 0 Å². The molecule has 0 aliphatic heterocycles. The molecular weight excluding hydrogens is 164 g/mol. The molecule has 0 amide bonds. The van der Waals surface area contributed by atoms with Gasteiger partial charge in [0.05, 0.1) is 17.5 Å². The van der Waals surface area contributed by atoms with E-state index in [1.807, 2.05) is 26.0 Å². The predicted molar refractivity (Wildman–Crippen MR) is 51.2 cm³/mol. The van der Waals surface area contributed by atoms with Gasteiger partial charge < -0.3 is 10.2 Å². The summed E-state index contributed by atoms with van der Waals surface area (Å²) in [5, 5.41) is 0.995. The lowest BCUT2D eigenvalue weighted by atomic mass is 9.99. The fourth-order valence-corrected chi connectivity index (χ4v) is 1.41. The Morgan fingerprint density at radius 2 is 2.15 bits per heavy atom. The fourth-order valence-electron chi connectivity index (χ4n) is 1.41. The largest absolute Gasteiger partial charge is 0.464 e. The summed E-state index contributed by atoms with van der Waals surface area (Å²) in [4.78, 5) is 4.27. The molecule has 0 saturated carbocycles. The van der Waals surface area contributed by atoms with Gasteiger partial charge in [0, 0.05) is 11.6 Å². The second-order valence-corrected chi connectivity index (χ2v) is 3.71. The van der Waals surface area contributed by atoms with Crippen LogP contribution >= 0.6 is 0 Å². The van der Waals surface area contributed by atoms with Gasteiger partial charge in [-0.2, -0.15) is 0 Å². The zero-order valence-electron chi connectivity index (χ0n) is 7.74. The van der Waals surface area contributed by atoms with Crippen LogP contribution in [0.4, 0.5) is 0 Å². The maximum Gasteiger partial charge on any atom is 0.137 e. The summed E-state index contributed by atoms with van der Waals surface area (Å²) in [5.41, 5.74) is 7.26. The molecule has 3 nitrogen and oxygen atoms in total. The van der Waals surface area contributed by atoms with Gasteiger partial charge in [-0.25, -0.2) is 0 Å². The maximum atomic E-state index is 5.98. The van der Waals surface area contributed by atoms with Crippen molar-refractivity contribution in [3.05, 3.63) is 30.3 Å². The summed E-state index contributed by atoms with van der Waals surface area (Å²) in [6, 6.07) is 3.73. The van der Waals surface area contributed by atoms with Crippen molar-refractivity contribution in [2.24, 2.45) is 5.73 Å². The van der Waals surface area contributed by atoms with Crippen LogP contribution in [0.5, 0.6) is 0 Å². The summed E-state index contributed by atoms with van der Waals surface area (Å²) in [6.07, 6.45) is 3.37. The standard InChI is InChI=1S/C10H12N2O/c1-10(2,11)9-7-4-6-13-8(7)3-5-12-9/h3-6H,11H2,1-2H3. The summed E-state index contributed by atoms with van der Waals surface area (Å²) in [7, 11) is 0. The minimum Gasteiger partial charge on any atom is -0.464 e. The van der Waals surface area contributed by atoms with E-state index in [0.717, 1.165) is 16.7 Å². The molecule has 68 valence electrons. The van der Waals surface area contributed by atoms with E-state index in [2.05, 4.69) is 4.98 Å². The summed E-state index contributed by atoms with van der Waals surface area (Å²) < 4.78 is 5.26. The van der Waals surface area contributed by atoms with Crippen LogP contribution in [0.2, 0.25) is 0 Å².